The molecule has 3 aromatic rings. The number of fused-ring (bicyclic) bond motifs is 1. The second-order valence-electron chi connectivity index (χ2n) is 5.36. The molecule has 2 aromatic heterocycles. The van der Waals surface area contributed by atoms with Gasteiger partial charge in [-0.3, -0.25) is 0 Å². The Morgan fingerprint density at radius 1 is 1.13 bits per heavy atom. The van der Waals surface area contributed by atoms with Crippen molar-refractivity contribution in [1.29, 1.82) is 0 Å². The van der Waals surface area contributed by atoms with Gasteiger partial charge >= 0.3 is 6.36 Å². The van der Waals surface area contributed by atoms with Gasteiger partial charge in [-0.2, -0.15) is 0 Å². The van der Waals surface area contributed by atoms with Gasteiger partial charge in [0.15, 0.2) is 0 Å². The van der Waals surface area contributed by atoms with E-state index >= 15 is 0 Å². The van der Waals surface area contributed by atoms with Crippen molar-refractivity contribution in [2.24, 2.45) is 0 Å². The molecule has 0 atom stereocenters. The number of nitrogens with zero attached hydrogens (tertiary/aromatic N) is 4. The summed E-state index contributed by atoms with van der Waals surface area (Å²) in [5, 5.41) is 0. The third-order valence-electron chi connectivity index (χ3n) is 3.63. The molecule has 2 heterocycles. The molecular formula is C15H11F3N4O. The van der Waals surface area contributed by atoms with Crippen molar-refractivity contribution in [3.63, 3.8) is 0 Å². The lowest BCUT2D eigenvalue weighted by molar-refractivity contribution is -0.274. The van der Waals surface area contributed by atoms with Crippen LogP contribution in [0.1, 0.15) is 18.9 Å². The Morgan fingerprint density at radius 3 is 2.52 bits per heavy atom. The summed E-state index contributed by atoms with van der Waals surface area (Å²) in [7, 11) is 0. The normalized spacial score (nSPS) is 15.1. The third kappa shape index (κ3) is 2.71. The summed E-state index contributed by atoms with van der Waals surface area (Å²) in [6.07, 6.45) is 1.92. The number of halogens is 3. The molecule has 0 N–H and O–H groups in total. The van der Waals surface area contributed by atoms with E-state index in [4.69, 9.17) is 0 Å². The molecule has 0 amide bonds. The van der Waals surface area contributed by atoms with Crippen LogP contribution in [0.3, 0.4) is 0 Å². The van der Waals surface area contributed by atoms with Gasteiger partial charge in [0, 0.05) is 24.5 Å². The Labute approximate surface area is 128 Å². The largest absolute Gasteiger partial charge is 0.573 e. The molecule has 0 radical (unpaired) electrons. The first-order chi connectivity index (χ1) is 11.0. The minimum atomic E-state index is -4.71. The van der Waals surface area contributed by atoms with Gasteiger partial charge in [0.05, 0.1) is 16.6 Å². The summed E-state index contributed by atoms with van der Waals surface area (Å²) in [6.45, 7) is 0. The maximum absolute atomic E-state index is 12.4. The molecule has 118 valence electrons. The number of imidazole rings is 1. The summed E-state index contributed by atoms with van der Waals surface area (Å²) in [6, 6.07) is 4.41. The van der Waals surface area contributed by atoms with Gasteiger partial charge in [-0.15, -0.1) is 13.2 Å². The lowest BCUT2D eigenvalue weighted by atomic mass is 10.3. The summed E-state index contributed by atoms with van der Waals surface area (Å²) >= 11 is 0. The van der Waals surface area contributed by atoms with Crippen molar-refractivity contribution in [2.75, 3.05) is 0 Å². The average Bonchev–Trinajstić information content (AvgIpc) is 3.27. The fourth-order valence-electron chi connectivity index (χ4n) is 2.59. The molecule has 1 aliphatic carbocycles. The smallest absolute Gasteiger partial charge is 0.406 e. The molecule has 23 heavy (non-hydrogen) atoms. The van der Waals surface area contributed by atoms with Gasteiger partial charge in [-0.1, -0.05) is 0 Å². The molecule has 0 saturated heterocycles. The van der Waals surface area contributed by atoms with Crippen LogP contribution in [0, 0.1) is 0 Å². The molecule has 8 heteroatoms. The number of hydrogen-bond donors (Lipinski definition) is 0. The van der Waals surface area contributed by atoms with E-state index in [9.17, 15) is 13.2 Å². The Morgan fingerprint density at radius 2 is 1.87 bits per heavy atom. The van der Waals surface area contributed by atoms with E-state index in [-0.39, 0.29) is 11.8 Å². The van der Waals surface area contributed by atoms with E-state index in [0.717, 1.165) is 18.4 Å². The number of hydrogen-bond acceptors (Lipinski definition) is 4. The van der Waals surface area contributed by atoms with Crippen molar-refractivity contribution in [2.45, 2.75) is 25.2 Å². The standard InChI is InChI=1S/C15H11F3N4O/c16-15(17,18)23-11-3-4-12-13(5-11)22(10-1-2-10)14(21-12)9-6-19-8-20-7-9/h3-8,10H,1-2H2. The predicted octanol–water partition coefficient (Wildman–Crippen LogP) is 3.73. The SMILES string of the molecule is FC(F)(F)Oc1ccc2nc(-c3cncnc3)n(C3CC3)c2c1. The summed E-state index contributed by atoms with van der Waals surface area (Å²) in [5.41, 5.74) is 1.97. The highest BCUT2D eigenvalue weighted by Crippen LogP contribution is 2.42. The minimum absolute atomic E-state index is 0.233. The lowest BCUT2D eigenvalue weighted by Crippen LogP contribution is -2.17. The highest BCUT2D eigenvalue weighted by atomic mass is 19.4. The molecule has 0 spiro atoms. The van der Waals surface area contributed by atoms with Crippen LogP contribution < -0.4 is 4.74 Å². The van der Waals surface area contributed by atoms with Crippen LogP contribution in [0.5, 0.6) is 5.75 Å². The zero-order chi connectivity index (χ0) is 16.0. The quantitative estimate of drug-likeness (QED) is 0.738. The average molecular weight is 320 g/mol. The van der Waals surface area contributed by atoms with Crippen molar-refractivity contribution in [3.05, 3.63) is 36.9 Å². The van der Waals surface area contributed by atoms with E-state index in [1.165, 1.54) is 24.5 Å². The first-order valence-electron chi connectivity index (χ1n) is 7.04. The fourth-order valence-corrected chi connectivity index (χ4v) is 2.59. The molecular weight excluding hydrogens is 309 g/mol. The van der Waals surface area contributed by atoms with Crippen molar-refractivity contribution < 1.29 is 17.9 Å². The zero-order valence-electron chi connectivity index (χ0n) is 11.8. The first-order valence-corrected chi connectivity index (χ1v) is 7.04. The van der Waals surface area contributed by atoms with Gasteiger partial charge < -0.3 is 9.30 Å². The first kappa shape index (κ1) is 14.0. The topological polar surface area (TPSA) is 52.8 Å². The van der Waals surface area contributed by atoms with E-state index < -0.39 is 6.36 Å². The highest BCUT2D eigenvalue weighted by molar-refractivity contribution is 5.82. The number of alkyl halides is 3. The number of ether oxygens (including phenoxy) is 1. The number of benzene rings is 1. The van der Waals surface area contributed by atoms with E-state index in [0.29, 0.717) is 16.9 Å². The van der Waals surface area contributed by atoms with E-state index in [1.807, 2.05) is 4.57 Å². The van der Waals surface area contributed by atoms with Crippen LogP contribution >= 0.6 is 0 Å². The molecule has 4 rings (SSSR count). The predicted molar refractivity (Wildman–Crippen MR) is 75.7 cm³/mol. The zero-order valence-corrected chi connectivity index (χ0v) is 11.8. The van der Waals surface area contributed by atoms with Crippen LogP contribution in [-0.2, 0) is 0 Å². The van der Waals surface area contributed by atoms with Crippen LogP contribution in [-0.4, -0.2) is 25.9 Å². The Hall–Kier alpha value is -2.64. The molecule has 0 aliphatic heterocycles. The highest BCUT2D eigenvalue weighted by Gasteiger charge is 2.32. The number of aromatic nitrogens is 4. The molecule has 0 bridgehead atoms. The monoisotopic (exact) mass is 320 g/mol. The molecule has 1 fully saturated rings. The van der Waals surface area contributed by atoms with Gasteiger partial charge in [0.1, 0.15) is 17.9 Å². The van der Waals surface area contributed by atoms with Crippen LogP contribution in [0.2, 0.25) is 0 Å². The van der Waals surface area contributed by atoms with Crippen LogP contribution in [0.25, 0.3) is 22.4 Å². The van der Waals surface area contributed by atoms with E-state index in [2.05, 4.69) is 19.7 Å². The second-order valence-corrected chi connectivity index (χ2v) is 5.36. The molecule has 0 unspecified atom stereocenters. The maximum Gasteiger partial charge on any atom is 0.573 e. The van der Waals surface area contributed by atoms with Crippen LogP contribution in [0.4, 0.5) is 13.2 Å². The Bertz CT molecular complexity index is 856. The fraction of sp³-hybridized carbons (Fsp3) is 0.267. The van der Waals surface area contributed by atoms with Gasteiger partial charge in [-0.25, -0.2) is 15.0 Å². The molecule has 1 saturated carbocycles. The molecule has 1 aromatic carbocycles. The minimum Gasteiger partial charge on any atom is -0.406 e. The Balaban J connectivity index is 1.87. The van der Waals surface area contributed by atoms with Gasteiger partial charge in [0.25, 0.3) is 0 Å². The summed E-state index contributed by atoms with van der Waals surface area (Å²) in [5.74, 6) is 0.412. The maximum atomic E-state index is 12.4. The summed E-state index contributed by atoms with van der Waals surface area (Å²) in [4.78, 5) is 12.5. The molecule has 1 aliphatic rings. The third-order valence-corrected chi connectivity index (χ3v) is 3.63. The van der Waals surface area contributed by atoms with Crippen molar-refractivity contribution in [3.8, 4) is 17.1 Å². The summed E-state index contributed by atoms with van der Waals surface area (Å²) < 4.78 is 43.2. The van der Waals surface area contributed by atoms with Gasteiger partial charge in [0.2, 0.25) is 0 Å². The van der Waals surface area contributed by atoms with Crippen molar-refractivity contribution >= 4 is 11.0 Å². The Kier molecular flexibility index (Phi) is 3.00. The van der Waals surface area contributed by atoms with Gasteiger partial charge in [-0.05, 0) is 25.0 Å². The number of rotatable bonds is 3. The van der Waals surface area contributed by atoms with Crippen molar-refractivity contribution in [1.82, 2.24) is 19.5 Å². The molecule has 5 nitrogen and oxygen atoms in total. The van der Waals surface area contributed by atoms with Crippen LogP contribution in [0.15, 0.2) is 36.9 Å². The lowest BCUT2D eigenvalue weighted by Gasteiger charge is -2.10. The van der Waals surface area contributed by atoms with E-state index in [1.54, 1.807) is 12.4 Å². The second kappa shape index (κ2) is 4.94.